The Labute approximate surface area is 194 Å². The van der Waals surface area contributed by atoms with Gasteiger partial charge >= 0.3 is 0 Å². The third kappa shape index (κ3) is 3.12. The van der Waals surface area contributed by atoms with Crippen molar-refractivity contribution < 1.29 is 19.7 Å². The zero-order valence-electron chi connectivity index (χ0n) is 17.3. The number of carbonyl (C=O) groups excluding carboxylic acids is 1. The number of hydrogen-bond donors (Lipinski definition) is 2. The number of likely N-dealkylation sites (tertiary alicyclic amines) is 1. The number of Topliss-reactive ketones (excluding diaryl/α,β-unsaturated/α-hetero) is 1. The number of carbonyl (C=O) groups is 1. The van der Waals surface area contributed by atoms with E-state index < -0.39 is 5.41 Å². The number of aromatic hydroxyl groups is 2. The van der Waals surface area contributed by atoms with Gasteiger partial charge in [0.2, 0.25) is 0 Å². The normalized spacial score (nSPS) is 29.7. The van der Waals surface area contributed by atoms with Crippen LogP contribution in [0.1, 0.15) is 29.2 Å². The molecule has 4 atom stereocenters. The summed E-state index contributed by atoms with van der Waals surface area (Å²) >= 11 is 5.31. The van der Waals surface area contributed by atoms with Gasteiger partial charge in [-0.3, -0.25) is 4.79 Å². The van der Waals surface area contributed by atoms with Crippen LogP contribution in [-0.2, 0) is 14.9 Å². The summed E-state index contributed by atoms with van der Waals surface area (Å²) in [7, 11) is 3.67. The fourth-order valence-corrected chi connectivity index (χ4v) is 7.76. The average Bonchev–Trinajstić information content (AvgIpc) is 2.74. The molecule has 162 valence electrons. The zero-order chi connectivity index (χ0) is 21.9. The van der Waals surface area contributed by atoms with Gasteiger partial charge in [-0.15, -0.1) is 11.8 Å². The van der Waals surface area contributed by atoms with E-state index in [2.05, 4.69) is 40.0 Å². The first-order chi connectivity index (χ1) is 14.9. The van der Waals surface area contributed by atoms with Gasteiger partial charge in [-0.2, -0.15) is 0 Å². The Morgan fingerprint density at radius 3 is 2.81 bits per heavy atom. The lowest BCUT2D eigenvalue weighted by molar-refractivity contribution is -0.122. The van der Waals surface area contributed by atoms with Gasteiger partial charge in [0.1, 0.15) is 0 Å². The third-order valence-corrected chi connectivity index (χ3v) is 8.90. The van der Waals surface area contributed by atoms with Gasteiger partial charge in [0, 0.05) is 38.7 Å². The minimum absolute atomic E-state index is 0.0104. The number of nitrogens with zero attached hydrogens (tertiary/aromatic N) is 1. The first-order valence-corrected chi connectivity index (χ1v) is 12.0. The van der Waals surface area contributed by atoms with Crippen molar-refractivity contribution in [3.05, 3.63) is 63.8 Å². The summed E-state index contributed by atoms with van der Waals surface area (Å²) in [6.07, 6.45) is 2.98. The first-order valence-electron chi connectivity index (χ1n) is 10.3. The summed E-state index contributed by atoms with van der Waals surface area (Å²) in [6, 6.07) is 11.8. The van der Waals surface area contributed by atoms with Crippen molar-refractivity contribution in [2.75, 3.05) is 20.7 Å². The molecule has 1 aliphatic heterocycles. The number of ether oxygens (including phenoxy) is 1. The van der Waals surface area contributed by atoms with Crippen LogP contribution in [0.15, 0.2) is 57.6 Å². The molecule has 2 aromatic rings. The first kappa shape index (κ1) is 20.9. The number of piperidine rings is 1. The lowest BCUT2D eigenvalue weighted by Gasteiger charge is -2.58. The molecule has 2 aromatic carbocycles. The van der Waals surface area contributed by atoms with E-state index in [0.717, 1.165) is 33.5 Å². The van der Waals surface area contributed by atoms with Crippen LogP contribution in [0.5, 0.6) is 11.5 Å². The van der Waals surface area contributed by atoms with Gasteiger partial charge in [-0.25, -0.2) is 0 Å². The van der Waals surface area contributed by atoms with Gasteiger partial charge in [0.15, 0.2) is 23.0 Å². The fourth-order valence-electron chi connectivity index (χ4n) is 5.73. The molecule has 1 saturated heterocycles. The zero-order valence-corrected chi connectivity index (χ0v) is 19.7. The van der Waals surface area contributed by atoms with E-state index in [1.807, 2.05) is 24.3 Å². The quantitative estimate of drug-likeness (QED) is 0.590. The maximum atomic E-state index is 12.9. The number of ketones is 1. The van der Waals surface area contributed by atoms with Gasteiger partial charge in [0.25, 0.3) is 0 Å². The van der Waals surface area contributed by atoms with Crippen molar-refractivity contribution in [3.63, 3.8) is 0 Å². The van der Waals surface area contributed by atoms with E-state index in [0.29, 0.717) is 5.76 Å². The number of fused-ring (bicyclic) bond motifs is 1. The Morgan fingerprint density at radius 2 is 2.06 bits per heavy atom. The van der Waals surface area contributed by atoms with Crippen molar-refractivity contribution in [1.82, 2.24) is 4.90 Å². The highest BCUT2D eigenvalue weighted by molar-refractivity contribution is 9.10. The van der Waals surface area contributed by atoms with Crippen molar-refractivity contribution >= 4 is 33.5 Å². The van der Waals surface area contributed by atoms with Crippen LogP contribution < -0.4 is 0 Å². The summed E-state index contributed by atoms with van der Waals surface area (Å²) < 4.78 is 6.44. The minimum Gasteiger partial charge on any atom is -0.504 e. The standard InChI is InChI=1S/C24H24BrNO4S/c1-26-9-8-24-12-18(28)19(30-2)11-16(24)21(26)23(31-14-5-3-4-13(25)10-14)15-6-7-17(27)22(29)20(15)24/h3-7,10-11,16,21,23,27,29H,8-9,12H2,1-2H3/t16?,21-,23-,24-/m1/s1. The highest BCUT2D eigenvalue weighted by atomic mass is 79.9. The largest absolute Gasteiger partial charge is 0.504 e. The molecule has 0 spiro atoms. The fraction of sp³-hybridized carbons (Fsp3) is 0.375. The van der Waals surface area contributed by atoms with Gasteiger partial charge in [-0.1, -0.05) is 28.1 Å². The van der Waals surface area contributed by atoms with Crippen LogP contribution in [0.25, 0.3) is 0 Å². The average molecular weight is 502 g/mol. The van der Waals surface area contributed by atoms with Gasteiger partial charge in [0.05, 0.1) is 12.4 Å². The maximum absolute atomic E-state index is 12.9. The molecule has 1 unspecified atom stereocenters. The number of likely N-dealkylation sites (N-methyl/N-ethyl adjacent to an activating group) is 1. The van der Waals surface area contributed by atoms with E-state index >= 15 is 0 Å². The van der Waals surface area contributed by atoms with Crippen molar-refractivity contribution in [2.24, 2.45) is 5.92 Å². The molecule has 3 aliphatic rings. The van der Waals surface area contributed by atoms with E-state index in [1.165, 1.54) is 7.11 Å². The lowest BCUT2D eigenvalue weighted by atomic mass is 9.53. The Morgan fingerprint density at radius 1 is 1.26 bits per heavy atom. The van der Waals surface area contributed by atoms with Crippen LogP contribution in [0.3, 0.4) is 0 Å². The number of benzene rings is 2. The topological polar surface area (TPSA) is 70.0 Å². The summed E-state index contributed by atoms with van der Waals surface area (Å²) in [5.74, 6) is 0.115. The molecule has 2 bridgehead atoms. The van der Waals surface area contributed by atoms with E-state index in [-0.39, 0.29) is 40.9 Å². The summed E-state index contributed by atoms with van der Waals surface area (Å²) in [5.41, 5.74) is 1.19. The summed E-state index contributed by atoms with van der Waals surface area (Å²) in [6.45, 7) is 0.814. The molecular weight excluding hydrogens is 478 g/mol. The van der Waals surface area contributed by atoms with Crippen molar-refractivity contribution in [1.29, 1.82) is 0 Å². The van der Waals surface area contributed by atoms with Crippen LogP contribution in [0.2, 0.25) is 0 Å². The van der Waals surface area contributed by atoms with E-state index in [9.17, 15) is 15.0 Å². The predicted octanol–water partition coefficient (Wildman–Crippen LogP) is 4.77. The molecule has 31 heavy (non-hydrogen) atoms. The monoisotopic (exact) mass is 501 g/mol. The molecule has 1 heterocycles. The van der Waals surface area contributed by atoms with Crippen LogP contribution in [0, 0.1) is 5.92 Å². The van der Waals surface area contributed by atoms with E-state index in [4.69, 9.17) is 4.74 Å². The Balaban J connectivity index is 1.75. The molecule has 1 fully saturated rings. The Hall–Kier alpha value is -1.96. The molecule has 0 radical (unpaired) electrons. The molecule has 0 amide bonds. The highest BCUT2D eigenvalue weighted by Crippen LogP contribution is 2.63. The molecule has 5 rings (SSSR count). The van der Waals surface area contributed by atoms with Crippen molar-refractivity contribution in [3.8, 4) is 11.5 Å². The maximum Gasteiger partial charge on any atom is 0.197 e. The van der Waals surface area contributed by atoms with Crippen LogP contribution in [-0.4, -0.2) is 47.6 Å². The molecular formula is C24H24BrNO4S. The number of halogens is 1. The van der Waals surface area contributed by atoms with Crippen LogP contribution in [0.4, 0.5) is 0 Å². The minimum atomic E-state index is -0.539. The van der Waals surface area contributed by atoms with Gasteiger partial charge in [-0.05, 0) is 55.9 Å². The second-order valence-corrected chi connectivity index (χ2v) is 10.8. The number of methoxy groups -OCH3 is 1. The van der Waals surface area contributed by atoms with Crippen molar-refractivity contribution in [2.45, 2.75) is 34.4 Å². The number of hydrogen-bond acceptors (Lipinski definition) is 6. The molecule has 0 aromatic heterocycles. The van der Waals surface area contributed by atoms with Gasteiger partial charge < -0.3 is 19.8 Å². The Kier molecular flexibility index (Phi) is 5.11. The second-order valence-electron chi connectivity index (χ2n) is 8.63. The predicted molar refractivity (Wildman–Crippen MR) is 123 cm³/mol. The Bertz CT molecular complexity index is 1100. The molecule has 2 aliphatic carbocycles. The number of allylic oxidation sites excluding steroid dienone is 1. The molecule has 5 nitrogen and oxygen atoms in total. The smallest absolute Gasteiger partial charge is 0.197 e. The lowest BCUT2D eigenvalue weighted by Crippen LogP contribution is -2.61. The number of phenols is 2. The third-order valence-electron chi connectivity index (χ3n) is 7.09. The summed E-state index contributed by atoms with van der Waals surface area (Å²) in [5, 5.41) is 21.5. The SMILES string of the molecule is COC1=CC2[C@@H]3[C@H](Sc4cccc(Br)c4)c4ccc(O)c(O)c4[C@]2(CCN3C)CC1=O. The number of rotatable bonds is 3. The van der Waals surface area contributed by atoms with Crippen LogP contribution >= 0.6 is 27.7 Å². The molecule has 0 saturated carbocycles. The second kappa shape index (κ2) is 7.57. The molecule has 2 N–H and O–H groups in total. The summed E-state index contributed by atoms with van der Waals surface area (Å²) in [4.78, 5) is 16.4. The molecule has 7 heteroatoms. The number of phenolic OH excluding ortho intramolecular Hbond substituents is 2. The highest BCUT2D eigenvalue weighted by Gasteiger charge is 2.59. The van der Waals surface area contributed by atoms with E-state index in [1.54, 1.807) is 17.8 Å². The number of thioether (sulfide) groups is 1.